The molecule has 1 aromatic heterocycles. The summed E-state index contributed by atoms with van der Waals surface area (Å²) in [6.07, 6.45) is 4.13. The molecule has 0 N–H and O–H groups in total. The van der Waals surface area contributed by atoms with Gasteiger partial charge in [0, 0.05) is 30.2 Å². The normalized spacial score (nSPS) is 18.3. The van der Waals surface area contributed by atoms with Crippen LogP contribution >= 0.6 is 11.8 Å². The summed E-state index contributed by atoms with van der Waals surface area (Å²) in [7, 11) is 1.66. The lowest BCUT2D eigenvalue weighted by molar-refractivity contribution is -0.127. The zero-order valence-electron chi connectivity index (χ0n) is 12.2. The molecule has 21 heavy (non-hydrogen) atoms. The van der Waals surface area contributed by atoms with Crippen LogP contribution in [0.4, 0.5) is 0 Å². The predicted octanol–water partition coefficient (Wildman–Crippen LogP) is 3.08. The van der Waals surface area contributed by atoms with Gasteiger partial charge in [-0.05, 0) is 37.3 Å². The van der Waals surface area contributed by atoms with E-state index in [0.717, 1.165) is 18.0 Å². The van der Waals surface area contributed by atoms with Crippen LogP contribution in [-0.2, 0) is 4.79 Å². The van der Waals surface area contributed by atoms with Crippen LogP contribution in [0.2, 0.25) is 0 Å². The van der Waals surface area contributed by atoms with Crippen LogP contribution in [0.15, 0.2) is 42.7 Å². The van der Waals surface area contributed by atoms with E-state index in [9.17, 15) is 4.79 Å². The van der Waals surface area contributed by atoms with Crippen LogP contribution in [0.25, 0.3) is 5.69 Å². The number of aromatic nitrogens is 1. The molecule has 110 valence electrons. The molecule has 1 saturated heterocycles. The van der Waals surface area contributed by atoms with Gasteiger partial charge in [-0.15, -0.1) is 11.8 Å². The number of nitrogens with zero attached hydrogens (tertiary/aromatic N) is 2. The maximum Gasteiger partial charge on any atom is 0.233 e. The number of carbonyl (C=O) groups excluding carboxylic acids is 1. The van der Waals surface area contributed by atoms with Gasteiger partial charge >= 0.3 is 0 Å². The van der Waals surface area contributed by atoms with E-state index >= 15 is 0 Å². The SMILES string of the molecule is CCN1C(=O)CS[C@H]1c1ccn(-c2ccc(OC)cc2)c1. The molecule has 0 spiro atoms. The second-order valence-corrected chi connectivity index (χ2v) is 5.96. The Bertz CT molecular complexity index is 636. The summed E-state index contributed by atoms with van der Waals surface area (Å²) in [6, 6.07) is 10.0. The van der Waals surface area contributed by atoms with Gasteiger partial charge in [0.2, 0.25) is 5.91 Å². The first kappa shape index (κ1) is 14.1. The zero-order valence-corrected chi connectivity index (χ0v) is 13.0. The third-order valence-corrected chi connectivity index (χ3v) is 4.94. The predicted molar refractivity (Wildman–Crippen MR) is 84.9 cm³/mol. The van der Waals surface area contributed by atoms with Crippen LogP contribution < -0.4 is 4.74 Å². The van der Waals surface area contributed by atoms with E-state index in [2.05, 4.69) is 16.8 Å². The summed E-state index contributed by atoms with van der Waals surface area (Å²) in [6.45, 7) is 2.78. The molecule has 2 aromatic rings. The third kappa shape index (κ3) is 2.65. The second kappa shape index (κ2) is 5.85. The minimum Gasteiger partial charge on any atom is -0.497 e. The highest BCUT2D eigenvalue weighted by Gasteiger charge is 2.31. The van der Waals surface area contributed by atoms with Crippen molar-refractivity contribution in [3.63, 3.8) is 0 Å². The van der Waals surface area contributed by atoms with Crippen LogP contribution in [0.5, 0.6) is 5.75 Å². The molecular formula is C16H18N2O2S. The van der Waals surface area contributed by atoms with Crippen molar-refractivity contribution >= 4 is 17.7 Å². The van der Waals surface area contributed by atoms with E-state index < -0.39 is 0 Å². The molecular weight excluding hydrogens is 284 g/mol. The highest BCUT2D eigenvalue weighted by Crippen LogP contribution is 2.38. The molecule has 1 atom stereocenters. The Morgan fingerprint density at radius 3 is 2.71 bits per heavy atom. The van der Waals surface area contributed by atoms with Gasteiger partial charge < -0.3 is 14.2 Å². The molecule has 0 aliphatic carbocycles. The molecule has 1 amide bonds. The van der Waals surface area contributed by atoms with Crippen molar-refractivity contribution in [2.45, 2.75) is 12.3 Å². The minimum absolute atomic E-state index is 0.141. The van der Waals surface area contributed by atoms with Gasteiger partial charge in [0.15, 0.2) is 0 Å². The number of ether oxygens (including phenoxy) is 1. The number of hydrogen-bond donors (Lipinski definition) is 0. The van der Waals surface area contributed by atoms with Gasteiger partial charge in [0.25, 0.3) is 0 Å². The van der Waals surface area contributed by atoms with Crippen LogP contribution in [0.1, 0.15) is 17.9 Å². The molecule has 4 nitrogen and oxygen atoms in total. The molecule has 5 heteroatoms. The Morgan fingerprint density at radius 2 is 2.05 bits per heavy atom. The fourth-order valence-electron chi connectivity index (χ4n) is 2.55. The lowest BCUT2D eigenvalue weighted by Crippen LogP contribution is -2.27. The average molecular weight is 302 g/mol. The van der Waals surface area contributed by atoms with Gasteiger partial charge in [-0.1, -0.05) is 0 Å². The van der Waals surface area contributed by atoms with E-state index in [1.807, 2.05) is 42.3 Å². The van der Waals surface area contributed by atoms with Crippen molar-refractivity contribution in [1.82, 2.24) is 9.47 Å². The van der Waals surface area contributed by atoms with Gasteiger partial charge in [0.05, 0.1) is 12.9 Å². The summed E-state index contributed by atoms with van der Waals surface area (Å²) in [5.41, 5.74) is 2.25. The van der Waals surface area contributed by atoms with Crippen molar-refractivity contribution in [3.8, 4) is 11.4 Å². The van der Waals surface area contributed by atoms with Gasteiger partial charge in [0.1, 0.15) is 11.1 Å². The first-order valence-electron chi connectivity index (χ1n) is 6.96. The average Bonchev–Trinajstić information content (AvgIpc) is 3.13. The first-order valence-corrected chi connectivity index (χ1v) is 8.01. The maximum atomic E-state index is 11.8. The van der Waals surface area contributed by atoms with Crippen LogP contribution in [0, 0.1) is 0 Å². The van der Waals surface area contributed by atoms with E-state index in [0.29, 0.717) is 5.75 Å². The second-order valence-electron chi connectivity index (χ2n) is 4.89. The number of amides is 1. The van der Waals surface area contributed by atoms with E-state index in [4.69, 9.17) is 4.74 Å². The van der Waals surface area contributed by atoms with Crippen molar-refractivity contribution in [2.24, 2.45) is 0 Å². The fraction of sp³-hybridized carbons (Fsp3) is 0.312. The molecule has 0 saturated carbocycles. The minimum atomic E-state index is 0.141. The number of hydrogen-bond acceptors (Lipinski definition) is 3. The number of benzene rings is 1. The summed E-state index contributed by atoms with van der Waals surface area (Å²) in [5, 5.41) is 0.141. The van der Waals surface area contributed by atoms with Crippen molar-refractivity contribution in [2.75, 3.05) is 19.4 Å². The summed E-state index contributed by atoms with van der Waals surface area (Å²) in [4.78, 5) is 13.7. The molecule has 0 unspecified atom stereocenters. The quantitative estimate of drug-likeness (QED) is 0.870. The molecule has 1 aliphatic heterocycles. The molecule has 1 aliphatic rings. The van der Waals surface area contributed by atoms with Gasteiger partial charge in [-0.3, -0.25) is 4.79 Å². The molecule has 1 aromatic carbocycles. The highest BCUT2D eigenvalue weighted by atomic mass is 32.2. The van der Waals surface area contributed by atoms with Crippen LogP contribution in [-0.4, -0.2) is 34.8 Å². The molecule has 1 fully saturated rings. The number of carbonyl (C=O) groups is 1. The third-order valence-electron chi connectivity index (χ3n) is 3.68. The standard InChI is InChI=1S/C16H18N2O2S/c1-3-18-15(19)11-21-16(18)12-8-9-17(10-12)13-4-6-14(20-2)7-5-13/h4-10,16H,3,11H2,1-2H3/t16-/m0/s1. The van der Waals surface area contributed by atoms with Gasteiger partial charge in [-0.2, -0.15) is 0 Å². The summed E-state index contributed by atoms with van der Waals surface area (Å²) < 4.78 is 7.25. The Hall–Kier alpha value is -1.88. The summed E-state index contributed by atoms with van der Waals surface area (Å²) in [5.74, 6) is 1.65. The largest absolute Gasteiger partial charge is 0.497 e. The van der Waals surface area contributed by atoms with Gasteiger partial charge in [-0.25, -0.2) is 0 Å². The molecule has 0 bridgehead atoms. The Kier molecular flexibility index (Phi) is 3.92. The number of methoxy groups -OCH3 is 1. The topological polar surface area (TPSA) is 34.5 Å². The van der Waals surface area contributed by atoms with E-state index in [1.165, 1.54) is 5.56 Å². The smallest absolute Gasteiger partial charge is 0.233 e. The first-order chi connectivity index (χ1) is 10.2. The molecule has 0 radical (unpaired) electrons. The zero-order chi connectivity index (χ0) is 14.8. The van der Waals surface area contributed by atoms with Crippen LogP contribution in [0.3, 0.4) is 0 Å². The number of thioether (sulfide) groups is 1. The van der Waals surface area contributed by atoms with Crippen molar-refractivity contribution in [3.05, 3.63) is 48.3 Å². The Morgan fingerprint density at radius 1 is 1.29 bits per heavy atom. The maximum absolute atomic E-state index is 11.8. The summed E-state index contributed by atoms with van der Waals surface area (Å²) >= 11 is 1.69. The lowest BCUT2D eigenvalue weighted by Gasteiger charge is -2.21. The highest BCUT2D eigenvalue weighted by molar-refractivity contribution is 8.00. The van der Waals surface area contributed by atoms with Crippen molar-refractivity contribution < 1.29 is 9.53 Å². The Labute approximate surface area is 128 Å². The lowest BCUT2D eigenvalue weighted by atomic mass is 10.3. The fourth-order valence-corrected chi connectivity index (χ4v) is 3.79. The monoisotopic (exact) mass is 302 g/mol. The van der Waals surface area contributed by atoms with E-state index in [-0.39, 0.29) is 11.3 Å². The Balaban J connectivity index is 1.84. The number of rotatable bonds is 4. The molecule has 3 rings (SSSR count). The molecule has 2 heterocycles. The van der Waals surface area contributed by atoms with E-state index in [1.54, 1.807) is 18.9 Å². The van der Waals surface area contributed by atoms with Crippen molar-refractivity contribution in [1.29, 1.82) is 0 Å².